The van der Waals surface area contributed by atoms with Crippen LogP contribution in [0.25, 0.3) is 0 Å². The van der Waals surface area contributed by atoms with Crippen LogP contribution in [0.1, 0.15) is 32.4 Å². The summed E-state index contributed by atoms with van der Waals surface area (Å²) in [6.07, 6.45) is 5.03. The van der Waals surface area contributed by atoms with Gasteiger partial charge < -0.3 is 5.73 Å². The molecule has 0 saturated heterocycles. The van der Waals surface area contributed by atoms with Crippen molar-refractivity contribution in [3.63, 3.8) is 0 Å². The molecule has 0 radical (unpaired) electrons. The van der Waals surface area contributed by atoms with Crippen molar-refractivity contribution in [1.82, 2.24) is 9.78 Å². The minimum Gasteiger partial charge on any atom is -0.328 e. The third-order valence-electron chi connectivity index (χ3n) is 2.47. The summed E-state index contributed by atoms with van der Waals surface area (Å²) >= 11 is 0. The lowest BCUT2D eigenvalue weighted by molar-refractivity contribution is 0.468. The fraction of sp³-hybridized carbons (Fsp3) is 0.727. The minimum absolute atomic E-state index is 0.324. The Morgan fingerprint density at radius 1 is 1.50 bits per heavy atom. The van der Waals surface area contributed by atoms with Crippen molar-refractivity contribution in [2.45, 2.75) is 39.2 Å². The van der Waals surface area contributed by atoms with Crippen LogP contribution in [0.2, 0.25) is 0 Å². The maximum atomic E-state index is 6.01. The molecule has 80 valence electrons. The fourth-order valence-corrected chi connectivity index (χ4v) is 1.70. The Balaban J connectivity index is 2.30. The van der Waals surface area contributed by atoms with Gasteiger partial charge in [0.05, 0.1) is 0 Å². The second kappa shape index (κ2) is 5.15. The van der Waals surface area contributed by atoms with Crippen LogP contribution in [0.15, 0.2) is 12.3 Å². The van der Waals surface area contributed by atoms with E-state index in [-0.39, 0.29) is 0 Å². The first kappa shape index (κ1) is 11.2. The Kier molecular flexibility index (Phi) is 4.14. The lowest BCUT2D eigenvalue weighted by Gasteiger charge is -2.13. The molecule has 1 rings (SSSR count). The highest BCUT2D eigenvalue weighted by Crippen LogP contribution is 2.09. The van der Waals surface area contributed by atoms with Crippen molar-refractivity contribution >= 4 is 0 Å². The highest BCUT2D eigenvalue weighted by Gasteiger charge is 2.06. The molecule has 0 spiro atoms. The van der Waals surface area contributed by atoms with E-state index in [1.54, 1.807) is 0 Å². The monoisotopic (exact) mass is 195 g/mol. The molecule has 0 aromatic carbocycles. The lowest BCUT2D eigenvalue weighted by atomic mass is 10.00. The van der Waals surface area contributed by atoms with Gasteiger partial charge in [0.1, 0.15) is 0 Å². The molecule has 0 saturated carbocycles. The van der Waals surface area contributed by atoms with E-state index in [2.05, 4.69) is 25.0 Å². The van der Waals surface area contributed by atoms with Crippen LogP contribution in [0.4, 0.5) is 0 Å². The largest absolute Gasteiger partial charge is 0.328 e. The number of nitrogens with zero attached hydrogens (tertiary/aromatic N) is 2. The zero-order valence-corrected chi connectivity index (χ0v) is 9.40. The second-order valence-electron chi connectivity index (χ2n) is 4.37. The Morgan fingerprint density at radius 3 is 2.71 bits per heavy atom. The van der Waals surface area contributed by atoms with E-state index in [0.29, 0.717) is 12.0 Å². The van der Waals surface area contributed by atoms with Crippen LogP contribution < -0.4 is 5.73 Å². The molecule has 0 amide bonds. The lowest BCUT2D eigenvalue weighted by Crippen LogP contribution is -2.23. The van der Waals surface area contributed by atoms with Crippen molar-refractivity contribution in [1.29, 1.82) is 0 Å². The molecule has 1 heterocycles. The van der Waals surface area contributed by atoms with Gasteiger partial charge in [-0.15, -0.1) is 0 Å². The first-order valence-corrected chi connectivity index (χ1v) is 5.32. The summed E-state index contributed by atoms with van der Waals surface area (Å²) < 4.78 is 1.92. The molecule has 1 aromatic rings. The SMILES string of the molecule is CC(C)CC(N)CCc1ccnn1C. The molecule has 0 bridgehead atoms. The van der Waals surface area contributed by atoms with Gasteiger partial charge in [0.15, 0.2) is 0 Å². The molecule has 0 aliphatic carbocycles. The van der Waals surface area contributed by atoms with Crippen molar-refractivity contribution in [3.05, 3.63) is 18.0 Å². The van der Waals surface area contributed by atoms with Crippen LogP contribution in [0.5, 0.6) is 0 Å². The maximum absolute atomic E-state index is 6.01. The van der Waals surface area contributed by atoms with E-state index in [4.69, 9.17) is 5.73 Å². The standard InChI is InChI=1S/C11H21N3/c1-9(2)8-10(12)4-5-11-6-7-13-14(11)3/h6-7,9-10H,4-5,8,12H2,1-3H3. The van der Waals surface area contributed by atoms with Crippen LogP contribution in [0.3, 0.4) is 0 Å². The number of aryl methyl sites for hydroxylation is 2. The molecule has 14 heavy (non-hydrogen) atoms. The van der Waals surface area contributed by atoms with Crippen molar-refractivity contribution in [2.75, 3.05) is 0 Å². The average molecular weight is 195 g/mol. The normalized spacial score (nSPS) is 13.5. The molecule has 0 aliphatic heterocycles. The summed E-state index contributed by atoms with van der Waals surface area (Å²) in [6.45, 7) is 4.42. The summed E-state index contributed by atoms with van der Waals surface area (Å²) in [5.41, 5.74) is 7.28. The third kappa shape index (κ3) is 3.50. The first-order valence-electron chi connectivity index (χ1n) is 5.32. The van der Waals surface area contributed by atoms with E-state index >= 15 is 0 Å². The maximum Gasteiger partial charge on any atom is 0.0492 e. The quantitative estimate of drug-likeness (QED) is 0.777. The molecular formula is C11H21N3. The molecule has 0 aliphatic rings. The van der Waals surface area contributed by atoms with Gasteiger partial charge in [-0.25, -0.2) is 0 Å². The van der Waals surface area contributed by atoms with E-state index < -0.39 is 0 Å². The van der Waals surface area contributed by atoms with Gasteiger partial charge in [-0.2, -0.15) is 5.10 Å². The van der Waals surface area contributed by atoms with Gasteiger partial charge in [-0.05, 0) is 31.2 Å². The molecule has 1 aromatic heterocycles. The van der Waals surface area contributed by atoms with Gasteiger partial charge in [0.25, 0.3) is 0 Å². The molecule has 3 nitrogen and oxygen atoms in total. The highest BCUT2D eigenvalue weighted by atomic mass is 15.2. The van der Waals surface area contributed by atoms with Crippen LogP contribution in [-0.4, -0.2) is 15.8 Å². The second-order valence-corrected chi connectivity index (χ2v) is 4.37. The van der Waals surface area contributed by atoms with Gasteiger partial charge in [-0.3, -0.25) is 4.68 Å². The molecule has 3 heteroatoms. The van der Waals surface area contributed by atoms with E-state index in [9.17, 15) is 0 Å². The van der Waals surface area contributed by atoms with Crippen molar-refractivity contribution < 1.29 is 0 Å². The van der Waals surface area contributed by atoms with E-state index in [0.717, 1.165) is 19.3 Å². The summed E-state index contributed by atoms with van der Waals surface area (Å²) in [4.78, 5) is 0. The Hall–Kier alpha value is -0.830. The van der Waals surface area contributed by atoms with E-state index in [1.807, 2.05) is 17.9 Å². The fourth-order valence-electron chi connectivity index (χ4n) is 1.70. The number of nitrogens with two attached hydrogens (primary N) is 1. The zero-order chi connectivity index (χ0) is 10.6. The summed E-state index contributed by atoms with van der Waals surface area (Å²) in [6, 6.07) is 2.38. The topological polar surface area (TPSA) is 43.8 Å². The first-order chi connectivity index (χ1) is 6.59. The highest BCUT2D eigenvalue weighted by molar-refractivity contribution is 5.00. The molecule has 0 fully saturated rings. The zero-order valence-electron chi connectivity index (χ0n) is 9.40. The van der Waals surface area contributed by atoms with Crippen molar-refractivity contribution in [2.24, 2.45) is 18.7 Å². The molecule has 1 atom stereocenters. The molecule has 1 unspecified atom stereocenters. The smallest absolute Gasteiger partial charge is 0.0492 e. The molecule has 2 N–H and O–H groups in total. The van der Waals surface area contributed by atoms with Crippen LogP contribution in [-0.2, 0) is 13.5 Å². The number of hydrogen-bond donors (Lipinski definition) is 1. The van der Waals surface area contributed by atoms with Gasteiger partial charge in [0, 0.05) is 25.0 Å². The van der Waals surface area contributed by atoms with Gasteiger partial charge >= 0.3 is 0 Å². The van der Waals surface area contributed by atoms with E-state index in [1.165, 1.54) is 5.69 Å². The minimum atomic E-state index is 0.324. The molecular weight excluding hydrogens is 174 g/mol. The number of aromatic nitrogens is 2. The Labute approximate surface area is 86.3 Å². The summed E-state index contributed by atoms with van der Waals surface area (Å²) in [5.74, 6) is 0.691. The van der Waals surface area contributed by atoms with Crippen LogP contribution in [0, 0.1) is 5.92 Å². The average Bonchev–Trinajstić information content (AvgIpc) is 2.46. The number of hydrogen-bond acceptors (Lipinski definition) is 2. The third-order valence-corrected chi connectivity index (χ3v) is 2.47. The predicted octanol–water partition coefficient (Wildman–Crippen LogP) is 1.73. The summed E-state index contributed by atoms with van der Waals surface area (Å²) in [7, 11) is 1.98. The number of rotatable bonds is 5. The van der Waals surface area contributed by atoms with Gasteiger partial charge in [-0.1, -0.05) is 13.8 Å². The van der Waals surface area contributed by atoms with Gasteiger partial charge in [0.2, 0.25) is 0 Å². The Bertz CT molecular complexity index is 265. The van der Waals surface area contributed by atoms with Crippen molar-refractivity contribution in [3.8, 4) is 0 Å². The van der Waals surface area contributed by atoms with Crippen LogP contribution >= 0.6 is 0 Å². The predicted molar refractivity (Wildman–Crippen MR) is 59.0 cm³/mol. The Morgan fingerprint density at radius 2 is 2.21 bits per heavy atom. The summed E-state index contributed by atoms with van der Waals surface area (Å²) in [5, 5.41) is 4.13.